The zero-order chi connectivity index (χ0) is 12.1. The Hall–Kier alpha value is -1.26. The van der Waals surface area contributed by atoms with Gasteiger partial charge in [-0.1, -0.05) is 18.2 Å². The van der Waals surface area contributed by atoms with Crippen LogP contribution in [0.25, 0.3) is 0 Å². The molecule has 88 valence electrons. The van der Waals surface area contributed by atoms with Crippen LogP contribution in [-0.4, -0.2) is 13.1 Å². The first-order chi connectivity index (χ1) is 7.54. The quantitative estimate of drug-likeness (QED) is 0.755. The fraction of sp³-hybridized carbons (Fsp3) is 0.333. The highest BCUT2D eigenvalue weighted by Crippen LogP contribution is 2.17. The number of rotatable bonds is 5. The molecule has 3 N–H and O–H groups in total. The molecule has 0 amide bonds. The molecule has 1 unspecified atom stereocenters. The zero-order valence-electron chi connectivity index (χ0n) is 9.26. The van der Waals surface area contributed by atoms with Crippen molar-refractivity contribution in [3.05, 3.63) is 47.5 Å². The van der Waals surface area contributed by atoms with Gasteiger partial charge in [-0.3, -0.25) is 0 Å². The third-order valence-electron chi connectivity index (χ3n) is 2.22. The van der Waals surface area contributed by atoms with Crippen molar-refractivity contribution < 1.29 is 8.78 Å². The van der Waals surface area contributed by atoms with Gasteiger partial charge in [0.1, 0.15) is 11.6 Å². The Kier molecular flexibility index (Phi) is 4.58. The molecule has 1 aromatic carbocycles. The van der Waals surface area contributed by atoms with Crippen molar-refractivity contribution in [3.63, 3.8) is 0 Å². The number of benzene rings is 1. The molecular weight excluding hydrogens is 210 g/mol. The highest BCUT2D eigenvalue weighted by Gasteiger charge is 2.13. The molecule has 2 nitrogen and oxygen atoms in total. The summed E-state index contributed by atoms with van der Waals surface area (Å²) < 4.78 is 26.2. The van der Waals surface area contributed by atoms with Gasteiger partial charge in [0.05, 0.1) is 0 Å². The number of halogens is 2. The minimum Gasteiger partial charge on any atom is -0.329 e. The molecule has 1 atom stereocenters. The summed E-state index contributed by atoms with van der Waals surface area (Å²) >= 11 is 0. The van der Waals surface area contributed by atoms with Gasteiger partial charge in [0, 0.05) is 30.8 Å². The summed E-state index contributed by atoms with van der Waals surface area (Å²) in [6.07, 6.45) is 0. The van der Waals surface area contributed by atoms with Gasteiger partial charge < -0.3 is 11.1 Å². The number of hydrogen-bond acceptors (Lipinski definition) is 2. The molecule has 0 fully saturated rings. The van der Waals surface area contributed by atoms with Gasteiger partial charge in [-0.2, -0.15) is 0 Å². The van der Waals surface area contributed by atoms with E-state index in [9.17, 15) is 8.78 Å². The largest absolute Gasteiger partial charge is 0.329 e. The summed E-state index contributed by atoms with van der Waals surface area (Å²) in [7, 11) is 0. The summed E-state index contributed by atoms with van der Waals surface area (Å²) in [5.41, 5.74) is 6.86. The normalized spacial score (nSPS) is 12.5. The van der Waals surface area contributed by atoms with Crippen LogP contribution in [0.3, 0.4) is 0 Å². The van der Waals surface area contributed by atoms with Crippen molar-refractivity contribution in [1.82, 2.24) is 5.32 Å². The molecule has 1 rings (SSSR count). The first kappa shape index (κ1) is 12.8. The van der Waals surface area contributed by atoms with Crippen LogP contribution in [0.5, 0.6) is 0 Å². The minimum absolute atomic E-state index is 0.246. The standard InChI is InChI=1S/C12H16F2N2/c1-8(2)7-16-12(6-15)10-4-3-9(13)5-11(10)14/h3-5,12,16H,1,6-7,15H2,2H3. The highest BCUT2D eigenvalue weighted by molar-refractivity contribution is 5.22. The Labute approximate surface area is 94.2 Å². The lowest BCUT2D eigenvalue weighted by atomic mass is 10.1. The second kappa shape index (κ2) is 5.72. The van der Waals surface area contributed by atoms with Crippen LogP contribution in [0, 0.1) is 11.6 Å². The van der Waals surface area contributed by atoms with Crippen LogP contribution in [-0.2, 0) is 0 Å². The van der Waals surface area contributed by atoms with E-state index in [-0.39, 0.29) is 12.6 Å². The maximum Gasteiger partial charge on any atom is 0.130 e. The summed E-state index contributed by atoms with van der Waals surface area (Å²) in [5, 5.41) is 3.06. The fourth-order valence-electron chi connectivity index (χ4n) is 1.40. The molecule has 0 radical (unpaired) electrons. The third kappa shape index (κ3) is 3.40. The van der Waals surface area contributed by atoms with E-state index in [0.717, 1.165) is 11.6 Å². The molecule has 0 saturated heterocycles. The number of nitrogens with one attached hydrogen (secondary N) is 1. The van der Waals surface area contributed by atoms with E-state index in [1.807, 2.05) is 6.92 Å². The van der Waals surface area contributed by atoms with Gasteiger partial charge in [-0.15, -0.1) is 0 Å². The number of nitrogens with two attached hydrogens (primary N) is 1. The maximum atomic E-state index is 13.5. The van der Waals surface area contributed by atoms with E-state index < -0.39 is 11.6 Å². The molecular formula is C12H16F2N2. The van der Waals surface area contributed by atoms with Crippen LogP contribution in [0.1, 0.15) is 18.5 Å². The number of hydrogen-bond donors (Lipinski definition) is 2. The first-order valence-electron chi connectivity index (χ1n) is 5.07. The van der Waals surface area contributed by atoms with Gasteiger partial charge in [-0.05, 0) is 13.0 Å². The van der Waals surface area contributed by atoms with E-state index in [1.54, 1.807) is 0 Å². The van der Waals surface area contributed by atoms with Gasteiger partial charge in [-0.25, -0.2) is 8.78 Å². The fourth-order valence-corrected chi connectivity index (χ4v) is 1.40. The summed E-state index contributed by atoms with van der Waals surface area (Å²) in [6.45, 7) is 6.40. The lowest BCUT2D eigenvalue weighted by molar-refractivity contribution is 0.513. The first-order valence-corrected chi connectivity index (χ1v) is 5.07. The Morgan fingerprint density at radius 1 is 1.50 bits per heavy atom. The van der Waals surface area contributed by atoms with E-state index in [1.165, 1.54) is 12.1 Å². The highest BCUT2D eigenvalue weighted by atomic mass is 19.1. The van der Waals surface area contributed by atoms with Crippen LogP contribution >= 0.6 is 0 Å². The SMILES string of the molecule is C=C(C)CNC(CN)c1ccc(F)cc1F. The molecule has 0 aromatic heterocycles. The predicted octanol–water partition coefficient (Wildman–Crippen LogP) is 2.13. The maximum absolute atomic E-state index is 13.5. The van der Waals surface area contributed by atoms with Crippen molar-refractivity contribution in [1.29, 1.82) is 0 Å². The van der Waals surface area contributed by atoms with E-state index in [2.05, 4.69) is 11.9 Å². The second-order valence-electron chi connectivity index (χ2n) is 3.79. The van der Waals surface area contributed by atoms with Gasteiger partial charge >= 0.3 is 0 Å². The Morgan fingerprint density at radius 2 is 2.19 bits per heavy atom. The second-order valence-corrected chi connectivity index (χ2v) is 3.79. The molecule has 0 bridgehead atoms. The summed E-state index contributed by atoms with van der Waals surface area (Å²) in [6, 6.07) is 3.18. The molecule has 0 aliphatic carbocycles. The summed E-state index contributed by atoms with van der Waals surface area (Å²) in [4.78, 5) is 0. The molecule has 16 heavy (non-hydrogen) atoms. The van der Waals surface area contributed by atoms with Crippen LogP contribution in [0.2, 0.25) is 0 Å². The van der Waals surface area contributed by atoms with Crippen molar-refractivity contribution >= 4 is 0 Å². The lowest BCUT2D eigenvalue weighted by Crippen LogP contribution is -2.30. The molecule has 0 aliphatic rings. The van der Waals surface area contributed by atoms with Crippen LogP contribution in [0.15, 0.2) is 30.4 Å². The van der Waals surface area contributed by atoms with Gasteiger partial charge in [0.2, 0.25) is 0 Å². The molecule has 0 aliphatic heterocycles. The van der Waals surface area contributed by atoms with E-state index >= 15 is 0 Å². The average molecular weight is 226 g/mol. The molecule has 4 heteroatoms. The van der Waals surface area contributed by atoms with Crippen LogP contribution in [0.4, 0.5) is 8.78 Å². The Morgan fingerprint density at radius 3 is 2.69 bits per heavy atom. The van der Waals surface area contributed by atoms with E-state index in [4.69, 9.17) is 5.73 Å². The molecule has 0 heterocycles. The average Bonchev–Trinajstić information content (AvgIpc) is 2.21. The van der Waals surface area contributed by atoms with Crippen molar-refractivity contribution in [2.75, 3.05) is 13.1 Å². The Bertz CT molecular complexity index is 377. The third-order valence-corrected chi connectivity index (χ3v) is 2.22. The van der Waals surface area contributed by atoms with Gasteiger partial charge in [0.25, 0.3) is 0 Å². The summed E-state index contributed by atoms with van der Waals surface area (Å²) in [5.74, 6) is -1.17. The molecule has 1 aromatic rings. The monoisotopic (exact) mass is 226 g/mol. The molecule has 0 spiro atoms. The minimum atomic E-state index is -0.586. The predicted molar refractivity (Wildman–Crippen MR) is 61.0 cm³/mol. The topological polar surface area (TPSA) is 38.0 Å². The Balaban J connectivity index is 2.82. The van der Waals surface area contributed by atoms with E-state index in [0.29, 0.717) is 12.1 Å². The van der Waals surface area contributed by atoms with Crippen molar-refractivity contribution in [3.8, 4) is 0 Å². The smallest absolute Gasteiger partial charge is 0.130 e. The van der Waals surface area contributed by atoms with Gasteiger partial charge in [0.15, 0.2) is 0 Å². The molecule has 0 saturated carbocycles. The zero-order valence-corrected chi connectivity index (χ0v) is 9.26. The lowest BCUT2D eigenvalue weighted by Gasteiger charge is -2.18. The van der Waals surface area contributed by atoms with Crippen LogP contribution < -0.4 is 11.1 Å². The van der Waals surface area contributed by atoms with Crippen molar-refractivity contribution in [2.45, 2.75) is 13.0 Å². The van der Waals surface area contributed by atoms with Crippen molar-refractivity contribution in [2.24, 2.45) is 5.73 Å².